The highest BCUT2D eigenvalue weighted by Gasteiger charge is 2.11. The summed E-state index contributed by atoms with van der Waals surface area (Å²) < 4.78 is 1.56. The monoisotopic (exact) mass is 343 g/mol. The summed E-state index contributed by atoms with van der Waals surface area (Å²) in [5, 5.41) is 9.83. The molecule has 0 aliphatic heterocycles. The Kier molecular flexibility index (Phi) is 3.88. The van der Waals surface area contributed by atoms with Crippen molar-refractivity contribution in [2.75, 3.05) is 0 Å². The molecule has 0 amide bonds. The van der Waals surface area contributed by atoms with E-state index in [2.05, 4.69) is 11.1 Å². The first-order valence-electron chi connectivity index (χ1n) is 7.78. The number of benzene rings is 2. The summed E-state index contributed by atoms with van der Waals surface area (Å²) in [4.78, 5) is 19.0. The molecule has 0 radical (unpaired) electrons. The third-order valence-electron chi connectivity index (χ3n) is 4.05. The average molecular weight is 343 g/mol. The third-order valence-corrected chi connectivity index (χ3v) is 5.15. The molecule has 4 nitrogen and oxygen atoms in total. The van der Waals surface area contributed by atoms with E-state index in [0.29, 0.717) is 17.5 Å². The van der Waals surface area contributed by atoms with Gasteiger partial charge in [0.2, 0.25) is 0 Å². The van der Waals surface area contributed by atoms with E-state index >= 15 is 0 Å². The zero-order valence-corrected chi connectivity index (χ0v) is 14.0. The molecule has 4 rings (SSSR count). The van der Waals surface area contributed by atoms with E-state index < -0.39 is 0 Å². The number of thiophene rings is 1. The van der Waals surface area contributed by atoms with Gasteiger partial charge < -0.3 is 0 Å². The smallest absolute Gasteiger partial charge is 0.262 e. The SMILES string of the molecule is N#Cc1ccccc1Cn1cnc2sc(-c3ccccc3)cc2c1=O. The van der Waals surface area contributed by atoms with Crippen LogP contribution in [0.5, 0.6) is 0 Å². The fourth-order valence-corrected chi connectivity index (χ4v) is 3.76. The van der Waals surface area contributed by atoms with Gasteiger partial charge in [-0.3, -0.25) is 9.36 Å². The van der Waals surface area contributed by atoms with E-state index in [1.54, 1.807) is 17.0 Å². The normalized spacial score (nSPS) is 10.7. The predicted octanol–water partition coefficient (Wildman–Crippen LogP) is 4.04. The predicted molar refractivity (Wildman–Crippen MR) is 99.6 cm³/mol. The van der Waals surface area contributed by atoms with Crippen LogP contribution in [0.2, 0.25) is 0 Å². The molecule has 0 unspecified atom stereocenters. The van der Waals surface area contributed by atoms with Crippen LogP contribution in [0.3, 0.4) is 0 Å². The first-order valence-corrected chi connectivity index (χ1v) is 8.60. The minimum atomic E-state index is -0.0869. The lowest BCUT2D eigenvalue weighted by Crippen LogP contribution is -2.20. The molecule has 0 bridgehead atoms. The molecule has 5 heteroatoms. The highest BCUT2D eigenvalue weighted by molar-refractivity contribution is 7.21. The molecule has 25 heavy (non-hydrogen) atoms. The van der Waals surface area contributed by atoms with Gasteiger partial charge in [-0.15, -0.1) is 11.3 Å². The summed E-state index contributed by atoms with van der Waals surface area (Å²) >= 11 is 1.51. The fourth-order valence-electron chi connectivity index (χ4n) is 2.77. The Morgan fingerprint density at radius 1 is 1.08 bits per heavy atom. The van der Waals surface area contributed by atoms with Gasteiger partial charge in [-0.05, 0) is 23.3 Å². The first kappa shape index (κ1) is 15.3. The molecule has 0 N–H and O–H groups in total. The van der Waals surface area contributed by atoms with E-state index in [1.807, 2.05) is 54.6 Å². The standard InChI is InChI=1S/C20H13N3OS/c21-11-15-8-4-5-9-16(15)12-23-13-22-19-17(20(23)24)10-18(25-19)14-6-2-1-3-7-14/h1-10,13H,12H2. The number of fused-ring (bicyclic) bond motifs is 1. The van der Waals surface area contributed by atoms with Crippen LogP contribution < -0.4 is 5.56 Å². The minimum Gasteiger partial charge on any atom is -0.294 e. The van der Waals surface area contributed by atoms with Crippen molar-refractivity contribution in [1.82, 2.24) is 9.55 Å². The van der Waals surface area contributed by atoms with Gasteiger partial charge in [-0.25, -0.2) is 4.98 Å². The van der Waals surface area contributed by atoms with Crippen LogP contribution >= 0.6 is 11.3 Å². The lowest BCUT2D eigenvalue weighted by molar-refractivity contribution is 0.748. The Labute approximate surface area is 148 Å². The van der Waals surface area contributed by atoms with Crippen LogP contribution in [0.25, 0.3) is 20.7 Å². The molecule has 4 aromatic rings. The van der Waals surface area contributed by atoms with E-state index in [1.165, 1.54) is 11.3 Å². The van der Waals surface area contributed by atoms with Gasteiger partial charge in [-0.2, -0.15) is 5.26 Å². The van der Waals surface area contributed by atoms with Crippen LogP contribution in [-0.4, -0.2) is 9.55 Å². The molecule has 0 fully saturated rings. The van der Waals surface area contributed by atoms with Gasteiger partial charge in [0.1, 0.15) is 4.83 Å². The van der Waals surface area contributed by atoms with Gasteiger partial charge in [-0.1, -0.05) is 48.5 Å². The second-order valence-electron chi connectivity index (χ2n) is 5.64. The van der Waals surface area contributed by atoms with Crippen molar-refractivity contribution in [2.45, 2.75) is 6.54 Å². The number of hydrogen-bond donors (Lipinski definition) is 0. The molecule has 0 aliphatic rings. The Bertz CT molecular complexity index is 1150. The van der Waals surface area contributed by atoms with E-state index in [-0.39, 0.29) is 5.56 Å². The summed E-state index contributed by atoms with van der Waals surface area (Å²) in [5.41, 5.74) is 2.37. The van der Waals surface area contributed by atoms with E-state index in [9.17, 15) is 10.1 Å². The fraction of sp³-hybridized carbons (Fsp3) is 0.0500. The van der Waals surface area contributed by atoms with E-state index in [0.717, 1.165) is 20.8 Å². The van der Waals surface area contributed by atoms with Gasteiger partial charge in [0.05, 0.1) is 29.9 Å². The van der Waals surface area contributed by atoms with E-state index in [4.69, 9.17) is 0 Å². The first-order chi connectivity index (χ1) is 12.3. The maximum absolute atomic E-state index is 12.8. The van der Waals surface area contributed by atoms with Crippen LogP contribution in [-0.2, 0) is 6.54 Å². The summed E-state index contributed by atoms with van der Waals surface area (Å²) in [5.74, 6) is 0. The maximum Gasteiger partial charge on any atom is 0.262 e. The van der Waals surface area contributed by atoms with Crippen molar-refractivity contribution < 1.29 is 0 Å². The molecule has 0 saturated carbocycles. The number of aromatic nitrogens is 2. The lowest BCUT2D eigenvalue weighted by Gasteiger charge is -2.06. The molecule has 0 aliphatic carbocycles. The maximum atomic E-state index is 12.8. The molecular weight excluding hydrogens is 330 g/mol. The Hall–Kier alpha value is -3.23. The molecule has 2 aromatic heterocycles. The van der Waals surface area contributed by atoms with Gasteiger partial charge in [0.25, 0.3) is 5.56 Å². The lowest BCUT2D eigenvalue weighted by atomic mass is 10.1. The van der Waals surface area contributed by atoms with Crippen molar-refractivity contribution in [3.8, 4) is 16.5 Å². The summed E-state index contributed by atoms with van der Waals surface area (Å²) in [6.45, 7) is 0.335. The molecule has 0 atom stereocenters. The second-order valence-corrected chi connectivity index (χ2v) is 6.67. The number of nitriles is 1. The number of nitrogens with zero attached hydrogens (tertiary/aromatic N) is 3. The number of rotatable bonds is 3. The van der Waals surface area contributed by atoms with Crippen LogP contribution in [0.1, 0.15) is 11.1 Å². The van der Waals surface area contributed by atoms with Crippen molar-refractivity contribution >= 4 is 21.6 Å². The molecule has 0 spiro atoms. The zero-order chi connectivity index (χ0) is 17.2. The van der Waals surface area contributed by atoms with Crippen molar-refractivity contribution in [2.24, 2.45) is 0 Å². The largest absolute Gasteiger partial charge is 0.294 e. The summed E-state index contributed by atoms with van der Waals surface area (Å²) in [6.07, 6.45) is 1.56. The topological polar surface area (TPSA) is 58.7 Å². The Morgan fingerprint density at radius 3 is 2.64 bits per heavy atom. The molecule has 0 saturated heterocycles. The summed E-state index contributed by atoms with van der Waals surface area (Å²) in [6, 6.07) is 21.3. The molecular formula is C20H13N3OS. The number of hydrogen-bond acceptors (Lipinski definition) is 4. The Balaban J connectivity index is 1.78. The van der Waals surface area contributed by atoms with Crippen molar-refractivity contribution in [1.29, 1.82) is 5.26 Å². The van der Waals surface area contributed by atoms with Crippen LogP contribution in [0, 0.1) is 11.3 Å². The average Bonchev–Trinajstić information content (AvgIpc) is 3.10. The van der Waals surface area contributed by atoms with Crippen LogP contribution in [0.4, 0.5) is 0 Å². The molecule has 120 valence electrons. The molecule has 2 heterocycles. The summed E-state index contributed by atoms with van der Waals surface area (Å²) in [7, 11) is 0. The quantitative estimate of drug-likeness (QED) is 0.564. The minimum absolute atomic E-state index is 0.0869. The highest BCUT2D eigenvalue weighted by atomic mass is 32.1. The third kappa shape index (κ3) is 2.84. The molecule has 2 aromatic carbocycles. The van der Waals surface area contributed by atoms with Gasteiger partial charge >= 0.3 is 0 Å². The second kappa shape index (κ2) is 6.34. The highest BCUT2D eigenvalue weighted by Crippen LogP contribution is 2.30. The zero-order valence-electron chi connectivity index (χ0n) is 13.2. The van der Waals surface area contributed by atoms with Crippen LogP contribution in [0.15, 0.2) is 71.8 Å². The van der Waals surface area contributed by atoms with Gasteiger partial charge in [0, 0.05) is 4.88 Å². The Morgan fingerprint density at radius 2 is 1.84 bits per heavy atom. The van der Waals surface area contributed by atoms with Gasteiger partial charge in [0.15, 0.2) is 0 Å². The van der Waals surface area contributed by atoms with Crippen molar-refractivity contribution in [3.63, 3.8) is 0 Å². The van der Waals surface area contributed by atoms with Crippen molar-refractivity contribution in [3.05, 3.63) is 88.5 Å².